The number of hydrogen-bond donors (Lipinski definition) is 2. The molecule has 3 nitrogen and oxygen atoms in total. The van der Waals surface area contributed by atoms with Gasteiger partial charge >= 0.3 is 0 Å². The molecule has 0 aromatic rings. The Bertz CT molecular complexity index is 149. The molecule has 3 heteroatoms. The summed E-state index contributed by atoms with van der Waals surface area (Å²) in [5, 5.41) is 3.67. The van der Waals surface area contributed by atoms with E-state index in [1.54, 1.807) is 0 Å². The van der Waals surface area contributed by atoms with E-state index in [4.69, 9.17) is 10.5 Å². The Morgan fingerprint density at radius 3 is 2.69 bits per heavy atom. The van der Waals surface area contributed by atoms with Crippen LogP contribution in [0.5, 0.6) is 0 Å². The van der Waals surface area contributed by atoms with Crippen LogP contribution in [0.2, 0.25) is 0 Å². The van der Waals surface area contributed by atoms with Gasteiger partial charge in [-0.2, -0.15) is 0 Å². The van der Waals surface area contributed by atoms with Crippen LogP contribution in [-0.2, 0) is 4.74 Å². The lowest BCUT2D eigenvalue weighted by Crippen LogP contribution is -2.51. The zero-order valence-corrected chi connectivity index (χ0v) is 8.17. The SMILES string of the molecule is NC1CC(NC2CCCOCC2)C1. The third-order valence-corrected chi connectivity index (χ3v) is 3.10. The molecule has 1 atom stereocenters. The summed E-state index contributed by atoms with van der Waals surface area (Å²) in [6.07, 6.45) is 5.97. The lowest BCUT2D eigenvalue weighted by molar-refractivity contribution is 0.141. The fraction of sp³-hybridized carbons (Fsp3) is 1.00. The molecule has 2 rings (SSSR count). The van der Waals surface area contributed by atoms with Crippen molar-refractivity contribution in [1.82, 2.24) is 5.32 Å². The first-order valence-corrected chi connectivity index (χ1v) is 5.44. The number of ether oxygens (including phenoxy) is 1. The zero-order valence-electron chi connectivity index (χ0n) is 8.17. The van der Waals surface area contributed by atoms with E-state index in [9.17, 15) is 0 Å². The molecule has 0 aromatic heterocycles. The number of nitrogens with two attached hydrogens (primary N) is 1. The summed E-state index contributed by atoms with van der Waals surface area (Å²) >= 11 is 0. The lowest BCUT2D eigenvalue weighted by Gasteiger charge is -2.36. The molecule has 1 saturated heterocycles. The fourth-order valence-corrected chi connectivity index (χ4v) is 2.20. The van der Waals surface area contributed by atoms with E-state index in [2.05, 4.69) is 5.32 Å². The van der Waals surface area contributed by atoms with Gasteiger partial charge in [-0.25, -0.2) is 0 Å². The Morgan fingerprint density at radius 2 is 1.92 bits per heavy atom. The molecule has 0 spiro atoms. The second-order valence-electron chi connectivity index (χ2n) is 4.34. The van der Waals surface area contributed by atoms with Gasteiger partial charge in [-0.05, 0) is 32.1 Å². The minimum absolute atomic E-state index is 0.458. The molecule has 3 N–H and O–H groups in total. The molecule has 0 radical (unpaired) electrons. The Balaban J connectivity index is 1.67. The van der Waals surface area contributed by atoms with Crippen molar-refractivity contribution in [3.05, 3.63) is 0 Å². The molecular formula is C10H20N2O. The van der Waals surface area contributed by atoms with Gasteiger partial charge in [0.15, 0.2) is 0 Å². The van der Waals surface area contributed by atoms with Crippen molar-refractivity contribution in [2.45, 2.75) is 50.2 Å². The van der Waals surface area contributed by atoms with Crippen LogP contribution >= 0.6 is 0 Å². The van der Waals surface area contributed by atoms with Crippen LogP contribution in [0.1, 0.15) is 32.1 Å². The highest BCUT2D eigenvalue weighted by molar-refractivity contribution is 4.89. The lowest BCUT2D eigenvalue weighted by atomic mass is 9.86. The van der Waals surface area contributed by atoms with E-state index in [1.807, 2.05) is 0 Å². The highest BCUT2D eigenvalue weighted by Gasteiger charge is 2.27. The van der Waals surface area contributed by atoms with E-state index in [-0.39, 0.29) is 0 Å². The smallest absolute Gasteiger partial charge is 0.0480 e. The Morgan fingerprint density at radius 1 is 1.08 bits per heavy atom. The predicted octanol–water partition coefficient (Wildman–Crippen LogP) is 0.635. The van der Waals surface area contributed by atoms with Crippen molar-refractivity contribution in [2.24, 2.45) is 5.73 Å². The summed E-state index contributed by atoms with van der Waals surface area (Å²) in [6, 6.07) is 1.83. The van der Waals surface area contributed by atoms with Crippen LogP contribution in [0.3, 0.4) is 0 Å². The van der Waals surface area contributed by atoms with Crippen LogP contribution in [0.15, 0.2) is 0 Å². The van der Waals surface area contributed by atoms with Crippen molar-refractivity contribution in [2.75, 3.05) is 13.2 Å². The van der Waals surface area contributed by atoms with Gasteiger partial charge in [0.25, 0.3) is 0 Å². The highest BCUT2D eigenvalue weighted by Crippen LogP contribution is 2.20. The topological polar surface area (TPSA) is 47.3 Å². The number of nitrogens with one attached hydrogen (secondary N) is 1. The maximum Gasteiger partial charge on any atom is 0.0480 e. The van der Waals surface area contributed by atoms with Gasteiger partial charge in [-0.15, -0.1) is 0 Å². The summed E-state index contributed by atoms with van der Waals surface area (Å²) < 4.78 is 5.41. The van der Waals surface area contributed by atoms with Crippen LogP contribution in [0.25, 0.3) is 0 Å². The number of hydrogen-bond acceptors (Lipinski definition) is 3. The van der Waals surface area contributed by atoms with Gasteiger partial charge in [0, 0.05) is 31.3 Å². The van der Waals surface area contributed by atoms with Gasteiger partial charge in [0.05, 0.1) is 0 Å². The summed E-state index contributed by atoms with van der Waals surface area (Å²) in [5.74, 6) is 0. The van der Waals surface area contributed by atoms with E-state index < -0.39 is 0 Å². The Kier molecular flexibility index (Phi) is 3.19. The predicted molar refractivity (Wildman–Crippen MR) is 52.6 cm³/mol. The normalized spacial score (nSPS) is 40.8. The molecule has 1 saturated carbocycles. The van der Waals surface area contributed by atoms with Gasteiger partial charge in [-0.1, -0.05) is 0 Å². The molecule has 0 bridgehead atoms. The van der Waals surface area contributed by atoms with Crippen molar-refractivity contribution in [3.8, 4) is 0 Å². The molecule has 1 aliphatic carbocycles. The van der Waals surface area contributed by atoms with Gasteiger partial charge in [0.2, 0.25) is 0 Å². The standard InChI is InChI=1S/C10H20N2O/c11-8-6-10(7-8)12-9-2-1-4-13-5-3-9/h8-10,12H,1-7,11H2. The minimum atomic E-state index is 0.458. The average molecular weight is 184 g/mol. The van der Waals surface area contributed by atoms with E-state index in [0.29, 0.717) is 18.1 Å². The molecule has 2 aliphatic rings. The van der Waals surface area contributed by atoms with Gasteiger partial charge in [0.1, 0.15) is 0 Å². The molecule has 0 aromatic carbocycles. The zero-order chi connectivity index (χ0) is 9.10. The van der Waals surface area contributed by atoms with E-state index in [1.165, 1.54) is 19.3 Å². The van der Waals surface area contributed by atoms with Crippen LogP contribution in [-0.4, -0.2) is 31.3 Å². The van der Waals surface area contributed by atoms with Crippen LogP contribution < -0.4 is 11.1 Å². The summed E-state index contributed by atoms with van der Waals surface area (Å²) in [5.41, 5.74) is 5.74. The summed E-state index contributed by atoms with van der Waals surface area (Å²) in [7, 11) is 0. The highest BCUT2D eigenvalue weighted by atomic mass is 16.5. The summed E-state index contributed by atoms with van der Waals surface area (Å²) in [4.78, 5) is 0. The van der Waals surface area contributed by atoms with Crippen molar-refractivity contribution in [3.63, 3.8) is 0 Å². The van der Waals surface area contributed by atoms with Gasteiger partial charge < -0.3 is 15.8 Å². The average Bonchev–Trinajstić information content (AvgIpc) is 2.30. The van der Waals surface area contributed by atoms with Crippen molar-refractivity contribution >= 4 is 0 Å². The maximum absolute atomic E-state index is 5.74. The van der Waals surface area contributed by atoms with Crippen molar-refractivity contribution in [1.29, 1.82) is 0 Å². The van der Waals surface area contributed by atoms with E-state index in [0.717, 1.165) is 26.1 Å². The second kappa shape index (κ2) is 4.40. The first-order chi connectivity index (χ1) is 6.34. The van der Waals surface area contributed by atoms with Crippen LogP contribution in [0, 0.1) is 0 Å². The maximum atomic E-state index is 5.74. The number of rotatable bonds is 2. The molecule has 13 heavy (non-hydrogen) atoms. The molecule has 0 amide bonds. The first kappa shape index (κ1) is 9.44. The summed E-state index contributed by atoms with van der Waals surface area (Å²) in [6.45, 7) is 1.87. The van der Waals surface area contributed by atoms with Crippen molar-refractivity contribution < 1.29 is 4.74 Å². The third-order valence-electron chi connectivity index (χ3n) is 3.10. The Labute approximate surface area is 80.0 Å². The third kappa shape index (κ3) is 2.66. The van der Waals surface area contributed by atoms with Crippen LogP contribution in [0.4, 0.5) is 0 Å². The largest absolute Gasteiger partial charge is 0.381 e. The molecule has 2 fully saturated rings. The first-order valence-electron chi connectivity index (χ1n) is 5.44. The molecular weight excluding hydrogens is 164 g/mol. The van der Waals surface area contributed by atoms with E-state index >= 15 is 0 Å². The molecule has 1 unspecified atom stereocenters. The quantitative estimate of drug-likeness (QED) is 0.662. The molecule has 76 valence electrons. The fourth-order valence-electron chi connectivity index (χ4n) is 2.20. The second-order valence-corrected chi connectivity index (χ2v) is 4.34. The Hall–Kier alpha value is -0.120. The molecule has 1 heterocycles. The monoisotopic (exact) mass is 184 g/mol. The van der Waals surface area contributed by atoms with Gasteiger partial charge in [-0.3, -0.25) is 0 Å². The molecule has 1 aliphatic heterocycles. The minimum Gasteiger partial charge on any atom is -0.381 e.